The average molecular weight is 467 g/mol. The average Bonchev–Trinajstić information content (AvgIpc) is 1.76. The first-order valence-electron chi connectivity index (χ1n) is 3.67. The molecule has 0 aliphatic rings. The Balaban J connectivity index is -0.0000000257. The fraction of sp³-hybridized carbons (Fsp3) is 0.500. The third-order valence-corrected chi connectivity index (χ3v) is 0. The third-order valence-electron chi connectivity index (χ3n) is 0. The second-order valence-electron chi connectivity index (χ2n) is 2.02. The summed E-state index contributed by atoms with van der Waals surface area (Å²) in [5.74, 6) is -3.83. The molecule has 0 spiro atoms. The number of carboxylic acid groups (broad SMARTS) is 4. The first kappa shape index (κ1) is 36.0. The number of rotatable bonds is 0. The van der Waals surface area contributed by atoms with Gasteiger partial charge in [0, 0.05) is 25.8 Å². The summed E-state index contributed by atoms with van der Waals surface area (Å²) < 4.78 is 0. The number of hydrogen-bond acceptors (Lipinski definition) is 6. The molecule has 0 aromatic heterocycles. The second kappa shape index (κ2) is 29.7. The van der Waals surface area contributed by atoms with Crippen LogP contribution in [0.4, 0.5) is 0 Å². The quantitative estimate of drug-likeness (QED) is 0.407. The summed E-state index contributed by atoms with van der Waals surface area (Å²) in [6.07, 6.45) is 0. The smallest absolute Gasteiger partial charge is 0.550 e. The van der Waals surface area contributed by atoms with Crippen LogP contribution in [0.25, 0.3) is 0 Å². The van der Waals surface area contributed by atoms with Crippen LogP contribution in [-0.4, -0.2) is 34.1 Å². The van der Waals surface area contributed by atoms with E-state index in [-0.39, 0.29) is 34.6 Å². The summed E-state index contributed by atoms with van der Waals surface area (Å²) in [6.45, 7) is 4.11. The molecule has 112 valence electrons. The molecule has 0 unspecified atom stereocenters. The molecular formula is C8H16O8PtS. The van der Waals surface area contributed by atoms with Crippen molar-refractivity contribution in [1.29, 1.82) is 0 Å². The first-order chi connectivity index (χ1) is 6.93. The predicted octanol–water partition coefficient (Wildman–Crippen LogP) is -2.20. The molecule has 0 aliphatic carbocycles. The molecule has 0 aromatic rings. The van der Waals surface area contributed by atoms with Crippen LogP contribution in [0.15, 0.2) is 0 Å². The summed E-state index contributed by atoms with van der Waals surface area (Å²) in [6, 6.07) is 0. The number of carboxylic acids is 4. The molecule has 0 heterocycles. The standard InChI is InChI=1S/4C2H4O2.Pt.H2S/c4*1-2(3)4;;/h4*1H3,(H,3,4);;1H2/q;;;;+2;/p-2. The minimum Gasteiger partial charge on any atom is -0.550 e. The molecule has 0 aromatic carbocycles. The Morgan fingerprint density at radius 2 is 0.722 bits per heavy atom. The van der Waals surface area contributed by atoms with Crippen LogP contribution in [-0.2, 0) is 40.2 Å². The molecule has 2 N–H and O–H groups in total. The zero-order valence-electron chi connectivity index (χ0n) is 10.2. The van der Waals surface area contributed by atoms with Crippen molar-refractivity contribution < 1.29 is 60.7 Å². The normalized spacial score (nSPS) is 5.56. The molecule has 10 heteroatoms. The van der Waals surface area contributed by atoms with Gasteiger partial charge in [-0.05, 0) is 13.8 Å². The van der Waals surface area contributed by atoms with Gasteiger partial charge in [0.05, 0.1) is 0 Å². The Bertz CT molecular complexity index is 167. The minimum atomic E-state index is -1.08. The van der Waals surface area contributed by atoms with E-state index >= 15 is 0 Å². The molecule has 0 radical (unpaired) electrons. The van der Waals surface area contributed by atoms with Crippen molar-refractivity contribution in [3.63, 3.8) is 0 Å². The van der Waals surface area contributed by atoms with Gasteiger partial charge in [0.15, 0.2) is 0 Å². The SMILES string of the molecule is CC(=O)O.CC(=O)O.CC(=O)[O-].CC(=O)[O-].S.[Pt+2]. The zero-order valence-corrected chi connectivity index (χ0v) is 13.4. The van der Waals surface area contributed by atoms with Crippen molar-refractivity contribution in [3.8, 4) is 0 Å². The van der Waals surface area contributed by atoms with Gasteiger partial charge in [-0.15, -0.1) is 0 Å². The Labute approximate surface area is 126 Å². The van der Waals surface area contributed by atoms with Gasteiger partial charge < -0.3 is 30.0 Å². The van der Waals surface area contributed by atoms with Gasteiger partial charge in [-0.1, -0.05) is 0 Å². The van der Waals surface area contributed by atoms with Gasteiger partial charge >= 0.3 is 21.1 Å². The summed E-state index contributed by atoms with van der Waals surface area (Å²) >= 11 is 0. The van der Waals surface area contributed by atoms with Crippen LogP contribution in [0, 0.1) is 0 Å². The summed E-state index contributed by atoms with van der Waals surface area (Å²) in [5, 5.41) is 32.6. The van der Waals surface area contributed by atoms with Crippen molar-refractivity contribution >= 4 is 37.4 Å². The maximum absolute atomic E-state index is 9.00. The molecule has 0 atom stereocenters. The maximum atomic E-state index is 9.00. The number of hydrogen-bond donors (Lipinski definition) is 2. The molecule has 0 saturated carbocycles. The summed E-state index contributed by atoms with van der Waals surface area (Å²) in [5.41, 5.74) is 0. The Hall–Kier alpha value is -1.08. The molecule has 0 rings (SSSR count). The first-order valence-corrected chi connectivity index (χ1v) is 3.67. The van der Waals surface area contributed by atoms with E-state index in [1.807, 2.05) is 0 Å². The van der Waals surface area contributed by atoms with Gasteiger partial charge in [0.2, 0.25) is 0 Å². The monoisotopic (exact) mass is 467 g/mol. The topological polar surface area (TPSA) is 155 Å². The molecule has 0 bridgehead atoms. The van der Waals surface area contributed by atoms with Gasteiger partial charge in [-0.25, -0.2) is 0 Å². The van der Waals surface area contributed by atoms with Crippen molar-refractivity contribution in [1.82, 2.24) is 0 Å². The second-order valence-corrected chi connectivity index (χ2v) is 2.02. The van der Waals surface area contributed by atoms with Crippen molar-refractivity contribution in [2.45, 2.75) is 27.7 Å². The fourth-order valence-corrected chi connectivity index (χ4v) is 0. The van der Waals surface area contributed by atoms with Crippen molar-refractivity contribution in [2.75, 3.05) is 0 Å². The number of aliphatic carboxylic acids is 4. The molecule has 8 nitrogen and oxygen atoms in total. The largest absolute Gasteiger partial charge is 2.00 e. The molecule has 0 aliphatic heterocycles. The Morgan fingerprint density at radius 1 is 0.722 bits per heavy atom. The van der Waals surface area contributed by atoms with E-state index in [0.29, 0.717) is 0 Å². The Kier molecular flexibility index (Phi) is 59.4. The van der Waals surface area contributed by atoms with Crippen LogP contribution < -0.4 is 10.2 Å². The van der Waals surface area contributed by atoms with E-state index in [4.69, 9.17) is 39.6 Å². The van der Waals surface area contributed by atoms with Crippen molar-refractivity contribution in [3.05, 3.63) is 0 Å². The minimum absolute atomic E-state index is 0. The molecule has 0 saturated heterocycles. The van der Waals surface area contributed by atoms with Crippen LogP contribution in [0.1, 0.15) is 27.7 Å². The van der Waals surface area contributed by atoms with Crippen LogP contribution in [0.5, 0.6) is 0 Å². The van der Waals surface area contributed by atoms with E-state index in [9.17, 15) is 0 Å². The van der Waals surface area contributed by atoms with E-state index in [2.05, 4.69) is 0 Å². The predicted molar refractivity (Wildman–Crippen MR) is 58.4 cm³/mol. The molecule has 18 heavy (non-hydrogen) atoms. The molecule has 0 fully saturated rings. The fourth-order valence-electron chi connectivity index (χ4n) is 0. The summed E-state index contributed by atoms with van der Waals surface area (Å²) in [4.78, 5) is 35.8. The van der Waals surface area contributed by atoms with Gasteiger partial charge in [-0.3, -0.25) is 9.59 Å². The number of carbonyl (C=O) groups excluding carboxylic acids is 2. The number of carbonyl (C=O) groups is 4. The zero-order chi connectivity index (χ0) is 14.3. The van der Waals surface area contributed by atoms with E-state index in [0.717, 1.165) is 27.7 Å². The van der Waals surface area contributed by atoms with Crippen LogP contribution in [0.2, 0.25) is 0 Å². The van der Waals surface area contributed by atoms with Crippen molar-refractivity contribution in [2.24, 2.45) is 0 Å². The van der Waals surface area contributed by atoms with E-state index in [1.165, 1.54) is 0 Å². The summed E-state index contributed by atoms with van der Waals surface area (Å²) in [7, 11) is 0. The van der Waals surface area contributed by atoms with Crippen LogP contribution >= 0.6 is 13.5 Å². The van der Waals surface area contributed by atoms with E-state index in [1.54, 1.807) is 0 Å². The van der Waals surface area contributed by atoms with Gasteiger partial charge in [0.1, 0.15) is 0 Å². The van der Waals surface area contributed by atoms with Gasteiger partial charge in [-0.2, -0.15) is 13.5 Å². The maximum Gasteiger partial charge on any atom is 2.00 e. The van der Waals surface area contributed by atoms with Gasteiger partial charge in [0.25, 0.3) is 11.9 Å². The van der Waals surface area contributed by atoms with Crippen LogP contribution in [0.3, 0.4) is 0 Å². The Morgan fingerprint density at radius 3 is 0.722 bits per heavy atom. The molecule has 0 amide bonds. The van der Waals surface area contributed by atoms with E-state index < -0.39 is 23.9 Å². The third kappa shape index (κ3) is 2470. The molecular weight excluding hydrogens is 451 g/mol.